The average molecular weight is 382 g/mol. The molecular weight excluding hydrogens is 350 g/mol. The Balaban J connectivity index is -0.0000000715. The Kier molecular flexibility index (Phi) is 33.1. The van der Waals surface area contributed by atoms with Crippen LogP contribution in [0.5, 0.6) is 0 Å². The number of aliphatic carboxylic acids is 1. The van der Waals surface area contributed by atoms with Crippen LogP contribution in [0.1, 0.15) is 20.8 Å². The largest absolute Gasteiger partial charge is 1.00 e. The van der Waals surface area contributed by atoms with Gasteiger partial charge in [-0.05, 0) is 20.8 Å². The van der Waals surface area contributed by atoms with Crippen LogP contribution in [-0.2, 0) is 23.9 Å². The Hall–Kier alpha value is -2.12. The number of hydrogen-bond donors (Lipinski definition) is 2. The van der Waals surface area contributed by atoms with E-state index in [1.54, 1.807) is 13.8 Å². The van der Waals surface area contributed by atoms with E-state index in [2.05, 4.69) is 50.4 Å². The van der Waals surface area contributed by atoms with Gasteiger partial charge in [0.15, 0.2) is 0 Å². The first-order chi connectivity index (χ1) is 10.9. The molecule has 0 aromatic carbocycles. The topological polar surface area (TPSA) is 94.3 Å². The minimum Gasteiger partial charge on any atom is -1.00 e. The minimum atomic E-state index is -0.935. The Morgan fingerprint density at radius 3 is 1.44 bits per heavy atom. The summed E-state index contributed by atoms with van der Waals surface area (Å²) in [5, 5.41) is 7.89. The maximum Gasteiger partial charge on any atom is 0.332 e. The number of quaternary nitrogens is 1. The van der Waals surface area contributed by atoms with Crippen LogP contribution in [0.4, 0.5) is 0 Å². The quantitative estimate of drug-likeness (QED) is 0.427. The number of carbonyl (C=O) groups excluding carboxylic acids is 2. The van der Waals surface area contributed by atoms with Gasteiger partial charge in [0.25, 0.3) is 0 Å². The van der Waals surface area contributed by atoms with E-state index in [0.717, 1.165) is 6.08 Å². The molecule has 0 heterocycles. The lowest BCUT2D eigenvalue weighted by molar-refractivity contribution is -0.836. The second-order valence-corrected chi connectivity index (χ2v) is 4.81. The maximum atomic E-state index is 10.2. The van der Waals surface area contributed by atoms with Gasteiger partial charge in [0.2, 0.25) is 0 Å². The van der Waals surface area contributed by atoms with Crippen molar-refractivity contribution in [1.29, 1.82) is 0 Å². The SMILES string of the molecule is C=C(C)C(=O)O.C=C(C)C(=O)OC.C=CC(=O)OCC.C[NH+](C)C.[Cl-]. The molecule has 0 aromatic heterocycles. The molecule has 0 unspecified atom stereocenters. The molecule has 0 rings (SSSR count). The van der Waals surface area contributed by atoms with E-state index >= 15 is 0 Å². The zero-order valence-corrected chi connectivity index (χ0v) is 17.0. The van der Waals surface area contributed by atoms with Gasteiger partial charge in [0, 0.05) is 17.2 Å². The monoisotopic (exact) mass is 381 g/mol. The fourth-order valence-corrected chi connectivity index (χ4v) is 0.375. The van der Waals surface area contributed by atoms with Crippen molar-refractivity contribution < 1.29 is 46.3 Å². The summed E-state index contributed by atoms with van der Waals surface area (Å²) in [7, 11) is 7.58. The molecule has 0 atom stereocenters. The lowest BCUT2D eigenvalue weighted by Crippen LogP contribution is -3.02. The molecule has 0 amide bonds. The molecule has 0 spiro atoms. The Morgan fingerprint density at radius 2 is 1.40 bits per heavy atom. The number of carbonyl (C=O) groups is 3. The number of hydrogen-bond acceptors (Lipinski definition) is 5. The molecule has 0 bridgehead atoms. The first-order valence-corrected chi connectivity index (χ1v) is 7.05. The first kappa shape index (κ1) is 34.3. The lowest BCUT2D eigenvalue weighted by atomic mass is 10.4. The second-order valence-electron chi connectivity index (χ2n) is 4.81. The average Bonchev–Trinajstić information content (AvgIpc) is 2.47. The van der Waals surface area contributed by atoms with Crippen molar-refractivity contribution in [3.63, 3.8) is 0 Å². The van der Waals surface area contributed by atoms with Gasteiger partial charge >= 0.3 is 17.9 Å². The lowest BCUT2D eigenvalue weighted by Gasteiger charge is -1.91. The summed E-state index contributed by atoms with van der Waals surface area (Å²) in [4.78, 5) is 31.3. The van der Waals surface area contributed by atoms with Crippen molar-refractivity contribution in [1.82, 2.24) is 0 Å². The van der Waals surface area contributed by atoms with Crippen molar-refractivity contribution in [3.05, 3.63) is 37.0 Å². The third-order valence-corrected chi connectivity index (χ3v) is 1.35. The summed E-state index contributed by atoms with van der Waals surface area (Å²) >= 11 is 0. The third-order valence-electron chi connectivity index (χ3n) is 1.35. The summed E-state index contributed by atoms with van der Waals surface area (Å²) < 4.78 is 8.71. The molecule has 0 fully saturated rings. The fraction of sp³-hybridized carbons (Fsp3) is 0.471. The Morgan fingerprint density at radius 1 is 1.08 bits per heavy atom. The van der Waals surface area contributed by atoms with Crippen molar-refractivity contribution in [2.24, 2.45) is 0 Å². The highest BCUT2D eigenvalue weighted by Gasteiger charge is 1.95. The normalized spacial score (nSPS) is 7.52. The highest BCUT2D eigenvalue weighted by molar-refractivity contribution is 5.86. The van der Waals surface area contributed by atoms with Gasteiger partial charge in [0.1, 0.15) is 0 Å². The van der Waals surface area contributed by atoms with E-state index in [1.165, 1.54) is 18.9 Å². The molecule has 0 aliphatic rings. The smallest absolute Gasteiger partial charge is 0.332 e. The van der Waals surface area contributed by atoms with E-state index in [1.807, 2.05) is 0 Å². The van der Waals surface area contributed by atoms with Gasteiger partial charge in [-0.2, -0.15) is 0 Å². The molecule has 2 N–H and O–H groups in total. The van der Waals surface area contributed by atoms with Crippen LogP contribution in [0.2, 0.25) is 0 Å². The van der Waals surface area contributed by atoms with Gasteiger partial charge in [-0.1, -0.05) is 19.7 Å². The van der Waals surface area contributed by atoms with Gasteiger partial charge in [0.05, 0.1) is 34.9 Å². The highest BCUT2D eigenvalue weighted by Crippen LogP contribution is 1.87. The van der Waals surface area contributed by atoms with E-state index < -0.39 is 5.97 Å². The number of rotatable bonds is 4. The highest BCUT2D eigenvalue weighted by atomic mass is 35.5. The number of halogens is 1. The number of carboxylic acid groups (broad SMARTS) is 1. The summed E-state index contributed by atoms with van der Waals surface area (Å²) in [6, 6.07) is 0. The first-order valence-electron chi connectivity index (χ1n) is 7.05. The molecule has 0 aromatic rings. The van der Waals surface area contributed by atoms with Crippen LogP contribution in [0, 0.1) is 0 Å². The predicted octanol–water partition coefficient (Wildman–Crippen LogP) is -2.12. The number of carboxylic acids is 1. The summed E-state index contributed by atoms with van der Waals surface area (Å²) in [5.41, 5.74) is 0.609. The number of methoxy groups -OCH3 is 1. The van der Waals surface area contributed by atoms with Crippen molar-refractivity contribution in [2.75, 3.05) is 34.9 Å². The maximum absolute atomic E-state index is 10.2. The molecule has 8 heteroatoms. The van der Waals surface area contributed by atoms with E-state index in [-0.39, 0.29) is 29.9 Å². The van der Waals surface area contributed by atoms with Gasteiger partial charge in [-0.25, -0.2) is 14.4 Å². The van der Waals surface area contributed by atoms with Crippen molar-refractivity contribution in [2.45, 2.75) is 20.8 Å². The Bertz CT molecular complexity index is 403. The van der Waals surface area contributed by atoms with E-state index in [0.29, 0.717) is 12.2 Å². The number of ether oxygens (including phenoxy) is 2. The molecule has 0 saturated carbocycles. The number of nitrogens with one attached hydrogen (secondary N) is 1. The third kappa shape index (κ3) is 52.1. The van der Waals surface area contributed by atoms with Crippen LogP contribution >= 0.6 is 0 Å². The number of esters is 2. The van der Waals surface area contributed by atoms with E-state index in [4.69, 9.17) is 5.11 Å². The van der Waals surface area contributed by atoms with Gasteiger partial charge in [-0.15, -0.1) is 0 Å². The zero-order valence-electron chi connectivity index (χ0n) is 16.3. The Labute approximate surface area is 157 Å². The van der Waals surface area contributed by atoms with Crippen LogP contribution in [0.25, 0.3) is 0 Å². The molecule has 0 saturated heterocycles. The van der Waals surface area contributed by atoms with Crippen LogP contribution in [0.15, 0.2) is 37.0 Å². The summed E-state index contributed by atoms with van der Waals surface area (Å²) in [5.74, 6) is -1.64. The van der Waals surface area contributed by atoms with Crippen LogP contribution < -0.4 is 17.3 Å². The second kappa shape index (κ2) is 24.1. The molecule has 25 heavy (non-hydrogen) atoms. The zero-order chi connectivity index (χ0) is 20.3. The molecule has 0 aliphatic carbocycles. The fourth-order valence-electron chi connectivity index (χ4n) is 0.375. The standard InChI is InChI=1S/2C5H8O2.C4H6O2.C3H9N.ClH/c1-4(2)5(6)7-3;1-3-5(6)7-4-2;1-3(2)4(5)6;1-4(2)3;/h1H2,2-3H3;3H,1,4H2,2H3;1H2,2H3,(H,5,6);1-3H3;1H. The van der Waals surface area contributed by atoms with Crippen molar-refractivity contribution in [3.8, 4) is 0 Å². The van der Waals surface area contributed by atoms with Gasteiger partial charge in [-0.3, -0.25) is 0 Å². The van der Waals surface area contributed by atoms with Crippen molar-refractivity contribution >= 4 is 17.9 Å². The predicted molar refractivity (Wildman–Crippen MR) is 94.8 cm³/mol. The van der Waals surface area contributed by atoms with Gasteiger partial charge < -0.3 is 31.9 Å². The molecule has 148 valence electrons. The molecule has 0 aliphatic heterocycles. The van der Waals surface area contributed by atoms with E-state index in [9.17, 15) is 14.4 Å². The van der Waals surface area contributed by atoms with Crippen LogP contribution in [0.3, 0.4) is 0 Å². The minimum absolute atomic E-state index is 0. The summed E-state index contributed by atoms with van der Waals surface area (Å²) in [6.45, 7) is 14.9. The molecule has 7 nitrogen and oxygen atoms in total. The molecule has 0 radical (unpaired) electrons. The molecular formula is C17H32ClNO6. The summed E-state index contributed by atoms with van der Waals surface area (Å²) in [6.07, 6.45) is 1.14. The van der Waals surface area contributed by atoms with Crippen LogP contribution in [-0.4, -0.2) is 57.9 Å².